The Morgan fingerprint density at radius 2 is 2.04 bits per heavy atom. The monoisotopic (exact) mass is 330 g/mol. The fourth-order valence-electron chi connectivity index (χ4n) is 2.55. The van der Waals surface area contributed by atoms with E-state index in [1.165, 1.54) is 10.5 Å². The molecule has 0 saturated heterocycles. The molecular formula is C18H26N4O2. The molecule has 2 aromatic rings. The van der Waals surface area contributed by atoms with E-state index in [1.54, 1.807) is 27.1 Å². The molecule has 6 heteroatoms. The molecule has 0 aliphatic heterocycles. The van der Waals surface area contributed by atoms with E-state index >= 15 is 0 Å². The van der Waals surface area contributed by atoms with Gasteiger partial charge < -0.3 is 19.9 Å². The smallest absolute Gasteiger partial charge is 0.317 e. The lowest BCUT2D eigenvalue weighted by molar-refractivity contribution is 0.0531. The van der Waals surface area contributed by atoms with Gasteiger partial charge in [-0.25, -0.2) is 9.78 Å². The van der Waals surface area contributed by atoms with Crippen LogP contribution in [0.3, 0.4) is 0 Å². The van der Waals surface area contributed by atoms with Gasteiger partial charge in [0.2, 0.25) is 0 Å². The standard InChI is InChI=1S/C18H26N4O2/c1-18(2,24)14-21(3)17(23)20-13-16-19-10-12-22(16)11-9-15-7-5-4-6-8-15/h4-8,10,12,24H,9,11,13-14H2,1-3H3,(H,20,23). The van der Waals surface area contributed by atoms with E-state index in [0.717, 1.165) is 18.8 Å². The van der Waals surface area contributed by atoms with Gasteiger partial charge in [-0.15, -0.1) is 0 Å². The summed E-state index contributed by atoms with van der Waals surface area (Å²) in [4.78, 5) is 17.9. The van der Waals surface area contributed by atoms with Crippen LogP contribution in [0.2, 0.25) is 0 Å². The fraction of sp³-hybridized carbons (Fsp3) is 0.444. The number of hydrogen-bond donors (Lipinski definition) is 2. The number of aromatic nitrogens is 2. The Labute approximate surface area is 143 Å². The maximum absolute atomic E-state index is 12.1. The third-order valence-electron chi connectivity index (χ3n) is 3.65. The van der Waals surface area contributed by atoms with E-state index in [1.807, 2.05) is 29.0 Å². The highest BCUT2D eigenvalue weighted by Crippen LogP contribution is 2.06. The number of benzene rings is 1. The van der Waals surface area contributed by atoms with Gasteiger partial charge in [-0.05, 0) is 25.8 Å². The van der Waals surface area contributed by atoms with Crippen LogP contribution in [0, 0.1) is 0 Å². The van der Waals surface area contributed by atoms with Crippen molar-refractivity contribution in [2.24, 2.45) is 0 Å². The Kier molecular flexibility index (Phi) is 5.98. The number of amides is 2. The van der Waals surface area contributed by atoms with Crippen LogP contribution in [-0.2, 0) is 19.5 Å². The number of carbonyl (C=O) groups excluding carboxylic acids is 1. The molecule has 0 spiro atoms. The summed E-state index contributed by atoms with van der Waals surface area (Å²) >= 11 is 0. The normalized spacial score (nSPS) is 11.3. The molecule has 0 saturated carbocycles. The van der Waals surface area contributed by atoms with Crippen molar-refractivity contribution in [2.75, 3.05) is 13.6 Å². The molecule has 0 unspecified atom stereocenters. The van der Waals surface area contributed by atoms with Gasteiger partial charge in [0.1, 0.15) is 5.82 Å². The summed E-state index contributed by atoms with van der Waals surface area (Å²) in [7, 11) is 1.66. The number of likely N-dealkylation sites (N-methyl/N-ethyl adjacent to an activating group) is 1. The van der Waals surface area contributed by atoms with Crippen molar-refractivity contribution in [1.29, 1.82) is 0 Å². The van der Waals surface area contributed by atoms with Crippen LogP contribution in [0.5, 0.6) is 0 Å². The Morgan fingerprint density at radius 3 is 2.71 bits per heavy atom. The molecule has 2 N–H and O–H groups in total. The zero-order chi connectivity index (χ0) is 17.6. The number of hydrogen-bond acceptors (Lipinski definition) is 3. The summed E-state index contributed by atoms with van der Waals surface area (Å²) in [5.41, 5.74) is 0.353. The molecule has 2 amide bonds. The molecule has 1 heterocycles. The van der Waals surface area contributed by atoms with Crippen LogP contribution in [0.1, 0.15) is 25.2 Å². The zero-order valence-corrected chi connectivity index (χ0v) is 14.6. The molecule has 1 aromatic carbocycles. The van der Waals surface area contributed by atoms with E-state index in [-0.39, 0.29) is 12.6 Å². The average Bonchev–Trinajstić information content (AvgIpc) is 2.97. The van der Waals surface area contributed by atoms with E-state index in [2.05, 4.69) is 22.4 Å². The third kappa shape index (κ3) is 5.70. The van der Waals surface area contributed by atoms with E-state index < -0.39 is 5.60 Å². The summed E-state index contributed by atoms with van der Waals surface area (Å²) in [6.07, 6.45) is 4.58. The molecule has 2 rings (SSSR count). The topological polar surface area (TPSA) is 70.4 Å². The van der Waals surface area contributed by atoms with Gasteiger partial charge in [-0.1, -0.05) is 30.3 Å². The van der Waals surface area contributed by atoms with Crippen molar-refractivity contribution in [1.82, 2.24) is 19.8 Å². The van der Waals surface area contributed by atoms with Crippen LogP contribution < -0.4 is 5.32 Å². The Morgan fingerprint density at radius 1 is 1.33 bits per heavy atom. The minimum Gasteiger partial charge on any atom is -0.389 e. The highest BCUT2D eigenvalue weighted by Gasteiger charge is 2.19. The highest BCUT2D eigenvalue weighted by molar-refractivity contribution is 5.73. The summed E-state index contributed by atoms with van der Waals surface area (Å²) in [5, 5.41) is 12.6. The number of aliphatic hydroxyl groups is 1. The first-order valence-corrected chi connectivity index (χ1v) is 8.10. The minimum absolute atomic E-state index is 0.227. The van der Waals surface area contributed by atoms with Crippen molar-refractivity contribution in [3.63, 3.8) is 0 Å². The third-order valence-corrected chi connectivity index (χ3v) is 3.65. The average molecular weight is 330 g/mol. The Balaban J connectivity index is 1.85. The number of imidazole rings is 1. The van der Waals surface area contributed by atoms with Crippen LogP contribution in [0.15, 0.2) is 42.7 Å². The van der Waals surface area contributed by atoms with Crippen LogP contribution in [0.4, 0.5) is 4.79 Å². The van der Waals surface area contributed by atoms with Gasteiger partial charge in [-0.2, -0.15) is 0 Å². The predicted octanol–water partition coefficient (Wildman–Crippen LogP) is 2.04. The maximum Gasteiger partial charge on any atom is 0.317 e. The molecule has 6 nitrogen and oxygen atoms in total. The van der Waals surface area contributed by atoms with E-state index in [0.29, 0.717) is 6.54 Å². The Bertz CT molecular complexity index is 647. The highest BCUT2D eigenvalue weighted by atomic mass is 16.3. The minimum atomic E-state index is -0.916. The number of urea groups is 1. The Hall–Kier alpha value is -2.34. The maximum atomic E-state index is 12.1. The van der Waals surface area contributed by atoms with Gasteiger partial charge in [0.15, 0.2) is 0 Å². The molecule has 0 bridgehead atoms. The van der Waals surface area contributed by atoms with E-state index in [4.69, 9.17) is 0 Å². The lowest BCUT2D eigenvalue weighted by Gasteiger charge is -2.25. The molecular weight excluding hydrogens is 304 g/mol. The van der Waals surface area contributed by atoms with Gasteiger partial charge in [-0.3, -0.25) is 0 Å². The number of nitrogens with one attached hydrogen (secondary N) is 1. The van der Waals surface area contributed by atoms with Gasteiger partial charge in [0.25, 0.3) is 0 Å². The SMILES string of the molecule is CN(CC(C)(C)O)C(=O)NCc1nccn1CCc1ccccc1. The van der Waals surface area contributed by atoms with Gasteiger partial charge in [0.05, 0.1) is 18.7 Å². The first-order chi connectivity index (χ1) is 11.3. The van der Waals surface area contributed by atoms with Crippen molar-refractivity contribution < 1.29 is 9.90 Å². The predicted molar refractivity (Wildman–Crippen MR) is 93.5 cm³/mol. The molecule has 24 heavy (non-hydrogen) atoms. The van der Waals surface area contributed by atoms with Crippen molar-refractivity contribution in [3.05, 3.63) is 54.1 Å². The first kappa shape index (κ1) is 18.0. The summed E-state index contributed by atoms with van der Waals surface area (Å²) < 4.78 is 2.04. The number of nitrogens with zero attached hydrogens (tertiary/aromatic N) is 3. The lowest BCUT2D eigenvalue weighted by atomic mass is 10.1. The molecule has 0 radical (unpaired) electrons. The van der Waals surface area contributed by atoms with Crippen molar-refractivity contribution in [2.45, 2.75) is 39.0 Å². The van der Waals surface area contributed by atoms with Gasteiger partial charge in [0, 0.05) is 26.0 Å². The number of rotatable bonds is 7. The molecule has 0 aliphatic rings. The molecule has 0 atom stereocenters. The van der Waals surface area contributed by atoms with Crippen LogP contribution in [0.25, 0.3) is 0 Å². The first-order valence-electron chi connectivity index (χ1n) is 8.10. The molecule has 1 aromatic heterocycles. The quantitative estimate of drug-likeness (QED) is 0.816. The second kappa shape index (κ2) is 7.97. The zero-order valence-electron chi connectivity index (χ0n) is 14.6. The molecule has 0 fully saturated rings. The van der Waals surface area contributed by atoms with Crippen molar-refractivity contribution in [3.8, 4) is 0 Å². The summed E-state index contributed by atoms with van der Waals surface area (Å²) in [5.74, 6) is 0.816. The fourth-order valence-corrected chi connectivity index (χ4v) is 2.55. The second-order valence-electron chi connectivity index (χ2n) is 6.60. The second-order valence-corrected chi connectivity index (χ2v) is 6.60. The van der Waals surface area contributed by atoms with Crippen LogP contribution >= 0.6 is 0 Å². The summed E-state index contributed by atoms with van der Waals surface area (Å²) in [6.45, 7) is 4.78. The molecule has 0 aliphatic carbocycles. The van der Waals surface area contributed by atoms with E-state index in [9.17, 15) is 9.90 Å². The number of carbonyl (C=O) groups is 1. The van der Waals surface area contributed by atoms with Gasteiger partial charge >= 0.3 is 6.03 Å². The van der Waals surface area contributed by atoms with Crippen LogP contribution in [-0.4, -0.2) is 44.8 Å². The lowest BCUT2D eigenvalue weighted by Crippen LogP contribution is -2.44. The summed E-state index contributed by atoms with van der Waals surface area (Å²) in [6, 6.07) is 10.0. The largest absolute Gasteiger partial charge is 0.389 e. The van der Waals surface area contributed by atoms with Crippen molar-refractivity contribution >= 4 is 6.03 Å². The molecule has 130 valence electrons. The number of aryl methyl sites for hydroxylation is 2.